The van der Waals surface area contributed by atoms with Crippen LogP contribution in [0.25, 0.3) is 0 Å². The fourth-order valence-electron chi connectivity index (χ4n) is 2.86. The van der Waals surface area contributed by atoms with Crippen molar-refractivity contribution in [2.45, 2.75) is 85.5 Å². The molecule has 0 N–H and O–H groups in total. The molecule has 0 aromatic carbocycles. The van der Waals surface area contributed by atoms with E-state index in [0.29, 0.717) is 31.3 Å². The first-order chi connectivity index (χ1) is 15.6. The predicted octanol–water partition coefficient (Wildman–Crippen LogP) is 3.89. The van der Waals surface area contributed by atoms with E-state index < -0.39 is 35.7 Å². The Labute approximate surface area is 197 Å². The Kier molecular flexibility index (Phi) is 11.6. The summed E-state index contributed by atoms with van der Waals surface area (Å²) < 4.78 is 15.7. The Balaban J connectivity index is 3.41. The maximum atomic E-state index is 11.4. The van der Waals surface area contributed by atoms with Crippen LogP contribution in [0, 0.1) is 40.9 Å². The second-order valence-corrected chi connectivity index (χ2v) is 7.50. The van der Waals surface area contributed by atoms with Crippen LogP contribution in [0.2, 0.25) is 0 Å². The van der Waals surface area contributed by atoms with Gasteiger partial charge in [-0.05, 0) is 31.8 Å². The van der Waals surface area contributed by atoms with Gasteiger partial charge in [-0.25, -0.2) is 0 Å². The van der Waals surface area contributed by atoms with Crippen molar-refractivity contribution in [2.24, 2.45) is 5.41 Å². The van der Waals surface area contributed by atoms with Crippen molar-refractivity contribution >= 4 is 17.9 Å². The third kappa shape index (κ3) is 10.6. The second kappa shape index (κ2) is 13.9. The fraction of sp³-hybridized carbons (Fsp3) is 0.519. The maximum Gasteiger partial charge on any atom is 0.303 e. The molecule has 6 nitrogen and oxygen atoms in total. The van der Waals surface area contributed by atoms with Gasteiger partial charge in [0.25, 0.3) is 0 Å². The van der Waals surface area contributed by atoms with Crippen LogP contribution in [0.15, 0.2) is 23.8 Å². The fourth-order valence-corrected chi connectivity index (χ4v) is 2.86. The summed E-state index contributed by atoms with van der Waals surface area (Å²) in [6, 6.07) is 0. The van der Waals surface area contributed by atoms with Gasteiger partial charge in [-0.1, -0.05) is 68.4 Å². The lowest BCUT2D eigenvalue weighted by molar-refractivity contribution is -0.144. The number of carbonyl (C=O) groups excluding carboxylic acids is 3. The summed E-state index contributed by atoms with van der Waals surface area (Å²) in [5.74, 6) is 17.2. The summed E-state index contributed by atoms with van der Waals surface area (Å²) in [7, 11) is 0. The highest BCUT2D eigenvalue weighted by Gasteiger charge is 2.25. The molecule has 1 aliphatic rings. The second-order valence-electron chi connectivity index (χ2n) is 7.50. The van der Waals surface area contributed by atoms with Gasteiger partial charge in [0, 0.05) is 26.3 Å². The van der Waals surface area contributed by atoms with Crippen LogP contribution in [-0.4, -0.2) is 36.2 Å². The first-order valence-corrected chi connectivity index (χ1v) is 11.1. The summed E-state index contributed by atoms with van der Waals surface area (Å²) in [5, 5.41) is 0. The van der Waals surface area contributed by atoms with Crippen LogP contribution in [0.5, 0.6) is 0 Å². The third-order valence-corrected chi connectivity index (χ3v) is 4.47. The van der Waals surface area contributed by atoms with Gasteiger partial charge in [-0.3, -0.25) is 14.4 Å². The standard InChI is InChI=1S/C27H32O6/c1-7-24(31-20(4)28)13-12-23-11-10-16-27(19-23,17-14-25(8-2)32-21(5)29)18-15-26(9-3)33-22(6)30/h10-11,19,24-26H,7-9,16H2,1-6H3. The average molecular weight is 453 g/mol. The van der Waals surface area contributed by atoms with Gasteiger partial charge in [-0.15, -0.1) is 0 Å². The van der Waals surface area contributed by atoms with E-state index in [1.54, 1.807) is 0 Å². The summed E-state index contributed by atoms with van der Waals surface area (Å²) >= 11 is 0. The van der Waals surface area contributed by atoms with Crippen LogP contribution in [0.4, 0.5) is 0 Å². The average Bonchev–Trinajstić information content (AvgIpc) is 2.76. The zero-order valence-corrected chi connectivity index (χ0v) is 20.2. The summed E-state index contributed by atoms with van der Waals surface area (Å²) in [4.78, 5) is 34.0. The molecule has 0 radical (unpaired) electrons. The lowest BCUT2D eigenvalue weighted by Gasteiger charge is -2.21. The molecule has 0 saturated heterocycles. The SMILES string of the molecule is CCC(C#CC1=CC(C#CC(CC)OC(C)=O)(C#CC(CC)OC(C)=O)CC=C1)OC(C)=O. The van der Waals surface area contributed by atoms with Gasteiger partial charge in [0.1, 0.15) is 5.41 Å². The number of hydrogen-bond donors (Lipinski definition) is 0. The Morgan fingerprint density at radius 3 is 1.64 bits per heavy atom. The molecular formula is C27H32O6. The van der Waals surface area contributed by atoms with E-state index in [9.17, 15) is 14.4 Å². The molecule has 0 amide bonds. The Morgan fingerprint density at radius 1 is 0.818 bits per heavy atom. The van der Waals surface area contributed by atoms with E-state index >= 15 is 0 Å². The molecule has 1 aliphatic carbocycles. The largest absolute Gasteiger partial charge is 0.449 e. The highest BCUT2D eigenvalue weighted by atomic mass is 16.5. The van der Waals surface area contributed by atoms with Crippen molar-refractivity contribution in [1.82, 2.24) is 0 Å². The number of allylic oxidation sites excluding steroid dienone is 4. The van der Waals surface area contributed by atoms with Crippen molar-refractivity contribution in [2.75, 3.05) is 0 Å². The van der Waals surface area contributed by atoms with Gasteiger partial charge in [-0.2, -0.15) is 0 Å². The van der Waals surface area contributed by atoms with Crippen LogP contribution in [0.3, 0.4) is 0 Å². The van der Waals surface area contributed by atoms with E-state index in [2.05, 4.69) is 35.5 Å². The Morgan fingerprint density at radius 2 is 1.24 bits per heavy atom. The lowest BCUT2D eigenvalue weighted by atomic mass is 9.80. The molecule has 1 rings (SSSR count). The molecule has 0 bridgehead atoms. The number of hydrogen-bond acceptors (Lipinski definition) is 6. The molecule has 176 valence electrons. The van der Waals surface area contributed by atoms with Crippen molar-refractivity contribution in [3.63, 3.8) is 0 Å². The zero-order valence-electron chi connectivity index (χ0n) is 20.2. The topological polar surface area (TPSA) is 78.9 Å². The molecule has 0 aromatic heterocycles. The first-order valence-electron chi connectivity index (χ1n) is 11.1. The van der Waals surface area contributed by atoms with Gasteiger partial charge < -0.3 is 14.2 Å². The van der Waals surface area contributed by atoms with Crippen LogP contribution >= 0.6 is 0 Å². The van der Waals surface area contributed by atoms with E-state index in [0.717, 1.165) is 0 Å². The van der Waals surface area contributed by atoms with Crippen molar-refractivity contribution in [1.29, 1.82) is 0 Å². The van der Waals surface area contributed by atoms with Crippen molar-refractivity contribution in [3.05, 3.63) is 23.8 Å². The molecule has 0 saturated carbocycles. The number of rotatable bonds is 6. The smallest absolute Gasteiger partial charge is 0.303 e. The minimum absolute atomic E-state index is 0.387. The van der Waals surface area contributed by atoms with Gasteiger partial charge in [0.2, 0.25) is 0 Å². The normalized spacial score (nSPS) is 18.9. The molecule has 0 spiro atoms. The minimum Gasteiger partial charge on any atom is -0.449 e. The summed E-state index contributed by atoms with van der Waals surface area (Å²) in [6.07, 6.45) is 6.14. The van der Waals surface area contributed by atoms with Crippen LogP contribution in [-0.2, 0) is 28.6 Å². The first kappa shape index (κ1) is 27.6. The highest BCUT2D eigenvalue weighted by Crippen LogP contribution is 2.29. The van der Waals surface area contributed by atoms with Gasteiger partial charge in [0.05, 0.1) is 0 Å². The summed E-state index contributed by atoms with van der Waals surface area (Å²) in [5.41, 5.74) is -0.222. The molecule has 3 atom stereocenters. The minimum atomic E-state index is -0.900. The van der Waals surface area contributed by atoms with E-state index in [1.807, 2.05) is 39.0 Å². The van der Waals surface area contributed by atoms with Crippen molar-refractivity contribution in [3.8, 4) is 35.5 Å². The molecule has 6 heteroatoms. The van der Waals surface area contributed by atoms with Crippen molar-refractivity contribution < 1.29 is 28.6 Å². The molecule has 0 heterocycles. The third-order valence-electron chi connectivity index (χ3n) is 4.47. The molecule has 0 fully saturated rings. The van der Waals surface area contributed by atoms with E-state index in [4.69, 9.17) is 14.2 Å². The number of carbonyl (C=O) groups is 3. The maximum absolute atomic E-state index is 11.4. The quantitative estimate of drug-likeness (QED) is 0.346. The van der Waals surface area contributed by atoms with Gasteiger partial charge in [0.15, 0.2) is 18.3 Å². The molecule has 0 aliphatic heterocycles. The molecule has 3 unspecified atom stereocenters. The van der Waals surface area contributed by atoms with E-state index in [1.165, 1.54) is 20.8 Å². The summed E-state index contributed by atoms with van der Waals surface area (Å²) in [6.45, 7) is 9.67. The van der Waals surface area contributed by atoms with Crippen LogP contribution in [0.1, 0.15) is 67.2 Å². The zero-order chi connectivity index (χ0) is 24.9. The Hall–Kier alpha value is -3.43. The lowest BCUT2D eigenvalue weighted by Crippen LogP contribution is -2.20. The highest BCUT2D eigenvalue weighted by molar-refractivity contribution is 5.67. The molecule has 33 heavy (non-hydrogen) atoms. The van der Waals surface area contributed by atoms with E-state index in [-0.39, 0.29) is 5.97 Å². The molecule has 0 aromatic rings. The van der Waals surface area contributed by atoms with Gasteiger partial charge >= 0.3 is 17.9 Å². The number of esters is 3. The predicted molar refractivity (Wildman–Crippen MR) is 125 cm³/mol. The monoisotopic (exact) mass is 452 g/mol. The molecular weight excluding hydrogens is 420 g/mol. The number of ether oxygens (including phenoxy) is 3. The Bertz CT molecular complexity index is 925. The van der Waals surface area contributed by atoms with Crippen LogP contribution < -0.4 is 0 Å².